The zero-order valence-corrected chi connectivity index (χ0v) is 15.0. The molecule has 2 aromatic heterocycles. The van der Waals surface area contributed by atoms with E-state index in [1.54, 1.807) is 10.5 Å². The maximum atomic E-state index is 11.2. The fourth-order valence-corrected chi connectivity index (χ4v) is 2.82. The normalized spacial score (nSPS) is 11.3. The average Bonchev–Trinajstić information content (AvgIpc) is 2.96. The van der Waals surface area contributed by atoms with Crippen molar-refractivity contribution in [2.24, 2.45) is 10.2 Å². The summed E-state index contributed by atoms with van der Waals surface area (Å²) < 4.78 is 1.65. The highest BCUT2D eigenvalue weighted by molar-refractivity contribution is 5.87. The summed E-state index contributed by atoms with van der Waals surface area (Å²) in [5, 5.41) is 17.8. The smallest absolute Gasteiger partial charge is 0.337 e. The van der Waals surface area contributed by atoms with Crippen LogP contribution in [-0.4, -0.2) is 33.6 Å². The van der Waals surface area contributed by atoms with Crippen LogP contribution in [0.25, 0.3) is 5.65 Å². The number of anilines is 1. The zero-order valence-electron chi connectivity index (χ0n) is 15.0. The van der Waals surface area contributed by atoms with Crippen molar-refractivity contribution < 1.29 is 9.90 Å². The molecule has 0 aliphatic rings. The third-order valence-corrected chi connectivity index (χ3v) is 4.25. The van der Waals surface area contributed by atoms with Crippen molar-refractivity contribution >= 4 is 28.8 Å². The molecule has 3 rings (SSSR count). The number of aromatic nitrogens is 2. The summed E-state index contributed by atoms with van der Waals surface area (Å²) in [6, 6.07) is 11.1. The molecule has 3 aromatic rings. The van der Waals surface area contributed by atoms with Gasteiger partial charge < -0.3 is 10.0 Å². The second-order valence-corrected chi connectivity index (χ2v) is 5.86. The van der Waals surface area contributed by atoms with E-state index in [9.17, 15) is 4.79 Å². The molecule has 2 heterocycles. The van der Waals surface area contributed by atoms with Gasteiger partial charge in [0.1, 0.15) is 5.65 Å². The van der Waals surface area contributed by atoms with E-state index in [0.717, 1.165) is 24.5 Å². The molecule has 0 aliphatic carbocycles. The summed E-state index contributed by atoms with van der Waals surface area (Å²) in [4.78, 5) is 17.8. The topological polar surface area (TPSA) is 82.6 Å². The first-order valence-electron chi connectivity index (χ1n) is 8.52. The predicted octanol–water partition coefficient (Wildman–Crippen LogP) is 4.60. The van der Waals surface area contributed by atoms with Crippen LogP contribution in [0, 0.1) is 6.92 Å². The summed E-state index contributed by atoms with van der Waals surface area (Å²) in [6.45, 7) is 7.96. The fraction of sp³-hybridized carbons (Fsp3) is 0.263. The Balaban J connectivity index is 1.91. The quantitative estimate of drug-likeness (QED) is 0.658. The molecule has 0 bridgehead atoms. The van der Waals surface area contributed by atoms with Gasteiger partial charge >= 0.3 is 5.97 Å². The third-order valence-electron chi connectivity index (χ3n) is 4.25. The molecule has 0 spiro atoms. The highest BCUT2D eigenvalue weighted by Gasteiger charge is 2.11. The van der Waals surface area contributed by atoms with E-state index in [-0.39, 0.29) is 5.56 Å². The maximum absolute atomic E-state index is 11.2. The fourth-order valence-electron chi connectivity index (χ4n) is 2.82. The van der Waals surface area contributed by atoms with Gasteiger partial charge in [-0.2, -0.15) is 0 Å². The van der Waals surface area contributed by atoms with E-state index in [0.29, 0.717) is 17.2 Å². The van der Waals surface area contributed by atoms with Crippen LogP contribution in [0.4, 0.5) is 17.2 Å². The molecular formula is C19H21N5O2. The van der Waals surface area contributed by atoms with E-state index in [2.05, 4.69) is 34.0 Å². The van der Waals surface area contributed by atoms with Gasteiger partial charge in [0.05, 0.1) is 16.9 Å². The molecule has 0 amide bonds. The maximum Gasteiger partial charge on any atom is 0.337 e. The number of carboxylic acids is 1. The number of rotatable bonds is 6. The Morgan fingerprint density at radius 3 is 2.42 bits per heavy atom. The first kappa shape index (κ1) is 17.6. The number of hydrogen-bond donors (Lipinski definition) is 1. The lowest BCUT2D eigenvalue weighted by atomic mass is 10.2. The van der Waals surface area contributed by atoms with Gasteiger partial charge in [-0.05, 0) is 57.2 Å². The van der Waals surface area contributed by atoms with Crippen LogP contribution in [0.1, 0.15) is 29.9 Å². The number of benzene rings is 1. The van der Waals surface area contributed by atoms with Crippen molar-refractivity contribution in [3.05, 3.63) is 53.9 Å². The Labute approximate surface area is 151 Å². The van der Waals surface area contributed by atoms with Crippen LogP contribution in [0.5, 0.6) is 0 Å². The van der Waals surface area contributed by atoms with E-state index in [1.807, 2.05) is 31.2 Å². The van der Waals surface area contributed by atoms with Gasteiger partial charge in [-0.3, -0.25) is 4.40 Å². The molecule has 0 unspecified atom stereocenters. The number of aromatic carboxylic acids is 1. The number of imidazole rings is 1. The number of azo groups is 1. The van der Waals surface area contributed by atoms with Crippen molar-refractivity contribution in [1.82, 2.24) is 9.38 Å². The van der Waals surface area contributed by atoms with Gasteiger partial charge in [0, 0.05) is 25.0 Å². The molecule has 26 heavy (non-hydrogen) atoms. The minimum atomic E-state index is -0.992. The first-order chi connectivity index (χ1) is 12.5. The number of carbonyl (C=O) groups is 1. The van der Waals surface area contributed by atoms with Crippen LogP contribution in [0.3, 0.4) is 0 Å². The first-order valence-corrected chi connectivity index (χ1v) is 8.52. The molecule has 0 aliphatic heterocycles. The Hall–Kier alpha value is -3.22. The summed E-state index contributed by atoms with van der Waals surface area (Å²) in [5.74, 6) is -0.468. The van der Waals surface area contributed by atoms with E-state index in [4.69, 9.17) is 5.11 Å². The lowest BCUT2D eigenvalue weighted by Crippen LogP contribution is -2.21. The van der Waals surface area contributed by atoms with Crippen LogP contribution < -0.4 is 4.90 Å². The average molecular weight is 351 g/mol. The minimum absolute atomic E-state index is 0.176. The van der Waals surface area contributed by atoms with Crippen LogP contribution in [0.15, 0.2) is 52.8 Å². The Bertz CT molecular complexity index is 956. The van der Waals surface area contributed by atoms with Gasteiger partial charge in [0.25, 0.3) is 0 Å². The molecular weight excluding hydrogens is 330 g/mol. The van der Waals surface area contributed by atoms with Gasteiger partial charge in [-0.1, -0.05) is 0 Å². The Morgan fingerprint density at radius 2 is 1.81 bits per heavy atom. The standard InChI is InChI=1S/C19H21N5O2/c1-4-23(5-2)16-9-7-15(8-10-16)21-22-18-13(3)20-17-11-6-14(19(25)26)12-24(17)18/h6-12H,4-5H2,1-3H3,(H,25,26). The summed E-state index contributed by atoms with van der Waals surface area (Å²) in [7, 11) is 0. The predicted molar refractivity (Wildman–Crippen MR) is 101 cm³/mol. The molecule has 134 valence electrons. The lowest BCUT2D eigenvalue weighted by molar-refractivity contribution is 0.0696. The van der Waals surface area contributed by atoms with Gasteiger partial charge in [-0.15, -0.1) is 10.2 Å². The van der Waals surface area contributed by atoms with E-state index >= 15 is 0 Å². The summed E-state index contributed by atoms with van der Waals surface area (Å²) >= 11 is 0. The van der Waals surface area contributed by atoms with Crippen molar-refractivity contribution in [2.75, 3.05) is 18.0 Å². The highest BCUT2D eigenvalue weighted by atomic mass is 16.4. The van der Waals surface area contributed by atoms with Crippen LogP contribution >= 0.6 is 0 Å². The lowest BCUT2D eigenvalue weighted by Gasteiger charge is -2.20. The molecule has 7 heteroatoms. The number of aryl methyl sites for hydroxylation is 1. The van der Waals surface area contributed by atoms with Crippen molar-refractivity contribution in [3.8, 4) is 0 Å². The molecule has 0 fully saturated rings. The molecule has 1 N–H and O–H groups in total. The number of hydrogen-bond acceptors (Lipinski definition) is 5. The van der Waals surface area contributed by atoms with E-state index < -0.39 is 5.97 Å². The minimum Gasteiger partial charge on any atom is -0.478 e. The Morgan fingerprint density at radius 1 is 1.12 bits per heavy atom. The Kier molecular flexibility index (Phi) is 4.97. The monoisotopic (exact) mass is 351 g/mol. The second kappa shape index (κ2) is 7.35. The molecule has 1 aromatic carbocycles. The molecule has 0 radical (unpaired) electrons. The zero-order chi connectivity index (χ0) is 18.7. The molecule has 7 nitrogen and oxygen atoms in total. The SMILES string of the molecule is CCN(CC)c1ccc(N=Nc2c(C)nc3ccc(C(=O)O)cn23)cc1. The largest absolute Gasteiger partial charge is 0.478 e. The van der Waals surface area contributed by atoms with Crippen molar-refractivity contribution in [3.63, 3.8) is 0 Å². The molecule has 0 saturated heterocycles. The highest BCUT2D eigenvalue weighted by Crippen LogP contribution is 2.25. The number of fused-ring (bicyclic) bond motifs is 1. The van der Waals surface area contributed by atoms with Crippen LogP contribution in [-0.2, 0) is 0 Å². The number of pyridine rings is 1. The van der Waals surface area contributed by atoms with Crippen molar-refractivity contribution in [1.29, 1.82) is 0 Å². The second-order valence-electron chi connectivity index (χ2n) is 5.86. The van der Waals surface area contributed by atoms with Gasteiger partial charge in [0.15, 0.2) is 5.82 Å². The van der Waals surface area contributed by atoms with Crippen molar-refractivity contribution in [2.45, 2.75) is 20.8 Å². The van der Waals surface area contributed by atoms with Crippen LogP contribution in [0.2, 0.25) is 0 Å². The van der Waals surface area contributed by atoms with E-state index in [1.165, 1.54) is 12.3 Å². The summed E-state index contributed by atoms with van der Waals surface area (Å²) in [6.07, 6.45) is 1.51. The van der Waals surface area contributed by atoms with Gasteiger partial charge in [-0.25, -0.2) is 9.78 Å². The third kappa shape index (κ3) is 3.42. The molecule has 0 atom stereocenters. The number of carboxylic acid groups (broad SMARTS) is 1. The molecule has 0 saturated carbocycles. The number of nitrogens with zero attached hydrogens (tertiary/aromatic N) is 5. The van der Waals surface area contributed by atoms with Gasteiger partial charge in [0.2, 0.25) is 0 Å². The summed E-state index contributed by atoms with van der Waals surface area (Å²) in [5.41, 5.74) is 3.37.